The zero-order chi connectivity index (χ0) is 16.9. The van der Waals surface area contributed by atoms with Crippen molar-refractivity contribution in [3.05, 3.63) is 93.5 Å². The van der Waals surface area contributed by atoms with Gasteiger partial charge in [0.2, 0.25) is 0 Å². The van der Waals surface area contributed by atoms with E-state index >= 15 is 0 Å². The summed E-state index contributed by atoms with van der Waals surface area (Å²) in [5.41, 5.74) is 5.97. The molecule has 0 aliphatic heterocycles. The highest BCUT2D eigenvalue weighted by Gasteiger charge is 2.11. The Balaban J connectivity index is 2.02. The van der Waals surface area contributed by atoms with Crippen molar-refractivity contribution in [1.29, 1.82) is 0 Å². The third-order valence-electron chi connectivity index (χ3n) is 3.94. The van der Waals surface area contributed by atoms with Crippen LogP contribution in [0.15, 0.2) is 66.7 Å². The fourth-order valence-electron chi connectivity index (χ4n) is 2.80. The Bertz CT molecular complexity index is 828. The van der Waals surface area contributed by atoms with Crippen LogP contribution in [0, 0.1) is 0 Å². The van der Waals surface area contributed by atoms with E-state index in [-0.39, 0.29) is 0 Å². The van der Waals surface area contributed by atoms with Gasteiger partial charge < -0.3 is 0 Å². The van der Waals surface area contributed by atoms with E-state index in [1.165, 1.54) is 16.7 Å². The van der Waals surface area contributed by atoms with Crippen molar-refractivity contribution in [3.8, 4) is 11.1 Å². The summed E-state index contributed by atoms with van der Waals surface area (Å²) in [6.07, 6.45) is 3.00. The van der Waals surface area contributed by atoms with Crippen LogP contribution in [0.4, 0.5) is 0 Å². The Hall–Kier alpha value is -1.41. The highest BCUT2D eigenvalue weighted by Crippen LogP contribution is 2.35. The highest BCUT2D eigenvalue weighted by atomic mass is 35.5. The molecule has 24 heavy (non-hydrogen) atoms. The molecule has 0 radical (unpaired) electrons. The van der Waals surface area contributed by atoms with Gasteiger partial charge in [-0.05, 0) is 59.2 Å². The zero-order valence-corrected chi connectivity index (χ0v) is 15.8. The summed E-state index contributed by atoms with van der Waals surface area (Å²) >= 11 is 14.5. The van der Waals surface area contributed by atoms with E-state index in [1.807, 2.05) is 24.3 Å². The molecule has 0 fully saturated rings. The Morgan fingerprint density at radius 1 is 0.792 bits per heavy atom. The molecule has 3 heteroatoms. The fraction of sp³-hybridized carbons (Fsp3) is 0.143. The van der Waals surface area contributed by atoms with E-state index in [9.17, 15) is 0 Å². The average Bonchev–Trinajstić information content (AvgIpc) is 2.59. The summed E-state index contributed by atoms with van der Waals surface area (Å²) in [6.45, 7) is 0. The summed E-state index contributed by atoms with van der Waals surface area (Å²) in [7, 11) is 0. The molecule has 0 heterocycles. The molecule has 0 aromatic heterocycles. The molecule has 3 aromatic carbocycles. The average molecular weight is 373 g/mol. The maximum absolute atomic E-state index is 6.51. The van der Waals surface area contributed by atoms with Gasteiger partial charge in [-0.2, -0.15) is 11.8 Å². The van der Waals surface area contributed by atoms with E-state index in [4.69, 9.17) is 23.2 Å². The molecule has 3 rings (SSSR count). The van der Waals surface area contributed by atoms with Gasteiger partial charge in [0.1, 0.15) is 0 Å². The first-order valence-electron chi connectivity index (χ1n) is 7.77. The van der Waals surface area contributed by atoms with Crippen LogP contribution in [-0.2, 0) is 12.2 Å². The minimum Gasteiger partial charge on any atom is -0.161 e. The first kappa shape index (κ1) is 17.4. The second-order valence-corrected chi connectivity index (χ2v) is 7.42. The van der Waals surface area contributed by atoms with Crippen molar-refractivity contribution in [1.82, 2.24) is 0 Å². The van der Waals surface area contributed by atoms with Gasteiger partial charge in [0.05, 0.1) is 0 Å². The molecule has 0 saturated carbocycles. The SMILES string of the molecule is CSCc1ccc(Cl)cc1-c1cc(Cc2ccccc2)ccc1Cl. The highest BCUT2D eigenvalue weighted by molar-refractivity contribution is 7.97. The van der Waals surface area contributed by atoms with E-state index in [0.717, 1.165) is 33.3 Å². The van der Waals surface area contributed by atoms with Gasteiger partial charge in [-0.25, -0.2) is 0 Å². The number of hydrogen-bond donors (Lipinski definition) is 0. The normalized spacial score (nSPS) is 10.8. The summed E-state index contributed by atoms with van der Waals surface area (Å²) in [6, 6.07) is 22.8. The fourth-order valence-corrected chi connectivity index (χ4v) is 3.76. The molecular formula is C21H18Cl2S. The Labute approximate surface area is 157 Å². The lowest BCUT2D eigenvalue weighted by Crippen LogP contribution is -1.92. The number of benzene rings is 3. The topological polar surface area (TPSA) is 0 Å². The molecule has 0 spiro atoms. The minimum absolute atomic E-state index is 0.736. The van der Waals surface area contributed by atoms with Crippen molar-refractivity contribution < 1.29 is 0 Å². The number of rotatable bonds is 5. The van der Waals surface area contributed by atoms with Crippen LogP contribution in [0.1, 0.15) is 16.7 Å². The largest absolute Gasteiger partial charge is 0.161 e. The van der Waals surface area contributed by atoms with Crippen molar-refractivity contribution >= 4 is 35.0 Å². The quantitative estimate of drug-likeness (QED) is 0.459. The van der Waals surface area contributed by atoms with Crippen molar-refractivity contribution in [2.75, 3.05) is 6.26 Å². The lowest BCUT2D eigenvalue weighted by atomic mass is 9.96. The first-order chi connectivity index (χ1) is 11.7. The standard InChI is InChI=1S/C21H18Cl2S/c1-24-14-17-8-9-18(22)13-19(17)20-12-16(7-10-21(20)23)11-15-5-3-2-4-6-15/h2-10,12-13H,11,14H2,1H3. The van der Waals surface area contributed by atoms with Crippen LogP contribution in [-0.4, -0.2) is 6.26 Å². The number of thioether (sulfide) groups is 1. The maximum atomic E-state index is 6.51. The third-order valence-corrected chi connectivity index (χ3v) is 5.11. The third kappa shape index (κ3) is 4.16. The predicted molar refractivity (Wildman–Crippen MR) is 108 cm³/mol. The van der Waals surface area contributed by atoms with Crippen LogP contribution in [0.5, 0.6) is 0 Å². The van der Waals surface area contributed by atoms with E-state index in [2.05, 4.69) is 48.7 Å². The van der Waals surface area contributed by atoms with Gasteiger partial charge in [-0.15, -0.1) is 0 Å². The molecule has 0 aliphatic carbocycles. The lowest BCUT2D eigenvalue weighted by Gasteiger charge is -2.13. The van der Waals surface area contributed by atoms with Gasteiger partial charge in [-0.3, -0.25) is 0 Å². The summed E-state index contributed by atoms with van der Waals surface area (Å²) in [4.78, 5) is 0. The van der Waals surface area contributed by atoms with Crippen LogP contribution in [0.2, 0.25) is 10.0 Å². The Morgan fingerprint density at radius 2 is 1.58 bits per heavy atom. The monoisotopic (exact) mass is 372 g/mol. The molecule has 3 aromatic rings. The second-order valence-electron chi connectivity index (χ2n) is 5.71. The molecule has 0 bridgehead atoms. The summed E-state index contributed by atoms with van der Waals surface area (Å²) in [5.74, 6) is 0.936. The van der Waals surface area contributed by atoms with Gasteiger partial charge in [0.15, 0.2) is 0 Å². The summed E-state index contributed by atoms with van der Waals surface area (Å²) in [5, 5.41) is 1.50. The number of halogens is 2. The van der Waals surface area contributed by atoms with Crippen LogP contribution in [0.25, 0.3) is 11.1 Å². The van der Waals surface area contributed by atoms with E-state index in [1.54, 1.807) is 11.8 Å². The Morgan fingerprint density at radius 3 is 2.33 bits per heavy atom. The molecule has 0 atom stereocenters. The van der Waals surface area contributed by atoms with Crippen LogP contribution >= 0.6 is 35.0 Å². The number of hydrogen-bond acceptors (Lipinski definition) is 1. The van der Waals surface area contributed by atoms with Gasteiger partial charge in [0.25, 0.3) is 0 Å². The van der Waals surface area contributed by atoms with E-state index < -0.39 is 0 Å². The minimum atomic E-state index is 0.736. The van der Waals surface area contributed by atoms with Gasteiger partial charge >= 0.3 is 0 Å². The first-order valence-corrected chi connectivity index (χ1v) is 9.92. The zero-order valence-electron chi connectivity index (χ0n) is 13.4. The molecule has 0 amide bonds. The molecule has 0 unspecified atom stereocenters. The van der Waals surface area contributed by atoms with E-state index in [0.29, 0.717) is 0 Å². The van der Waals surface area contributed by atoms with Crippen LogP contribution in [0.3, 0.4) is 0 Å². The molecule has 0 N–H and O–H groups in total. The maximum Gasteiger partial charge on any atom is 0.0484 e. The summed E-state index contributed by atoms with van der Waals surface area (Å²) < 4.78 is 0. The van der Waals surface area contributed by atoms with Crippen molar-refractivity contribution in [2.24, 2.45) is 0 Å². The van der Waals surface area contributed by atoms with Crippen molar-refractivity contribution in [2.45, 2.75) is 12.2 Å². The molecular weight excluding hydrogens is 355 g/mol. The Kier molecular flexibility index (Phi) is 5.89. The van der Waals surface area contributed by atoms with Gasteiger partial charge in [0, 0.05) is 21.4 Å². The lowest BCUT2D eigenvalue weighted by molar-refractivity contribution is 1.19. The molecule has 122 valence electrons. The van der Waals surface area contributed by atoms with Crippen LogP contribution < -0.4 is 0 Å². The van der Waals surface area contributed by atoms with Gasteiger partial charge in [-0.1, -0.05) is 65.7 Å². The molecule has 0 saturated heterocycles. The molecule has 0 aliphatic rings. The smallest absolute Gasteiger partial charge is 0.0484 e. The second kappa shape index (κ2) is 8.11. The molecule has 0 nitrogen and oxygen atoms in total. The predicted octanol–water partition coefficient (Wildman–Crippen LogP) is 7.11. The van der Waals surface area contributed by atoms with Crippen molar-refractivity contribution in [3.63, 3.8) is 0 Å².